The van der Waals surface area contributed by atoms with Crippen LogP contribution in [0.2, 0.25) is 0 Å². The lowest BCUT2D eigenvalue weighted by Crippen LogP contribution is -2.41. The molecule has 20 heavy (non-hydrogen) atoms. The number of aromatic nitrogens is 4. The summed E-state index contributed by atoms with van der Waals surface area (Å²) in [6.07, 6.45) is 17.1. The maximum absolute atomic E-state index is 4.54. The second-order valence-corrected chi connectivity index (χ2v) is 5.79. The van der Waals surface area contributed by atoms with Crippen LogP contribution in [0.1, 0.15) is 51.6 Å². The second-order valence-electron chi connectivity index (χ2n) is 5.79. The molecule has 1 saturated carbocycles. The third-order valence-electron chi connectivity index (χ3n) is 4.09. The molecule has 1 aliphatic carbocycles. The van der Waals surface area contributed by atoms with E-state index in [-0.39, 0.29) is 0 Å². The molecule has 1 fully saturated rings. The van der Waals surface area contributed by atoms with E-state index in [2.05, 4.69) is 45.3 Å². The van der Waals surface area contributed by atoms with Gasteiger partial charge in [0.15, 0.2) is 24.5 Å². The third kappa shape index (κ3) is 2.55. The van der Waals surface area contributed by atoms with Gasteiger partial charge in [-0.2, -0.15) is 9.13 Å². The van der Waals surface area contributed by atoms with Crippen LogP contribution in [0.3, 0.4) is 0 Å². The molecule has 0 unspecified atom stereocenters. The first-order valence-electron chi connectivity index (χ1n) is 7.48. The van der Waals surface area contributed by atoms with Gasteiger partial charge in [-0.3, -0.25) is 4.98 Å². The Labute approximate surface area is 120 Å². The molecular formula is C16H22N4+2. The molecule has 4 heteroatoms. The molecular weight excluding hydrogens is 248 g/mol. The smallest absolute Gasteiger partial charge is 0.251 e. The van der Waals surface area contributed by atoms with Crippen LogP contribution in [-0.2, 0) is 0 Å². The van der Waals surface area contributed by atoms with Gasteiger partial charge in [0.05, 0.1) is 12.4 Å². The lowest BCUT2D eigenvalue weighted by molar-refractivity contribution is -0.720. The molecule has 104 valence electrons. The highest BCUT2D eigenvalue weighted by molar-refractivity contribution is 5.45. The molecule has 0 aliphatic heterocycles. The van der Waals surface area contributed by atoms with E-state index in [0.29, 0.717) is 12.1 Å². The van der Waals surface area contributed by atoms with Crippen molar-refractivity contribution in [3.05, 3.63) is 37.2 Å². The summed E-state index contributed by atoms with van der Waals surface area (Å²) >= 11 is 0. The molecule has 0 radical (unpaired) electrons. The van der Waals surface area contributed by atoms with Gasteiger partial charge in [0, 0.05) is 12.8 Å². The lowest BCUT2D eigenvalue weighted by Gasteiger charge is -2.08. The average molecular weight is 270 g/mol. The van der Waals surface area contributed by atoms with Gasteiger partial charge in [0.2, 0.25) is 11.9 Å². The number of hydrogen-bond donors (Lipinski definition) is 0. The van der Waals surface area contributed by atoms with Crippen LogP contribution < -0.4 is 9.13 Å². The maximum Gasteiger partial charge on any atom is 0.256 e. The lowest BCUT2D eigenvalue weighted by atomic mass is 10.2. The number of nitrogens with zero attached hydrogens (tertiary/aromatic N) is 4. The van der Waals surface area contributed by atoms with Gasteiger partial charge in [-0.1, -0.05) is 0 Å². The van der Waals surface area contributed by atoms with Crippen LogP contribution >= 0.6 is 0 Å². The SMILES string of the molecule is CC(C)[n+]1ccnc(-c2cncc[n+]2C2CCCC2)c1. The summed E-state index contributed by atoms with van der Waals surface area (Å²) in [5.41, 5.74) is 2.12. The predicted octanol–water partition coefficient (Wildman–Crippen LogP) is 2.41. The minimum absolute atomic E-state index is 0.438. The van der Waals surface area contributed by atoms with E-state index in [1.165, 1.54) is 25.7 Å². The van der Waals surface area contributed by atoms with E-state index >= 15 is 0 Å². The van der Waals surface area contributed by atoms with E-state index in [1.807, 2.05) is 24.8 Å². The Morgan fingerprint density at radius 3 is 2.70 bits per heavy atom. The standard InChI is InChI=1S/C16H22N4/c1-13(2)19-9-8-18-15(12-19)16-11-17-7-10-20(16)14-5-3-4-6-14/h7-14H,3-6H2,1-2H3/q+2. The molecule has 0 aromatic carbocycles. The van der Waals surface area contributed by atoms with Crippen LogP contribution in [0.5, 0.6) is 0 Å². The average Bonchev–Trinajstić information content (AvgIpc) is 3.01. The first-order chi connectivity index (χ1) is 9.75. The zero-order valence-electron chi connectivity index (χ0n) is 12.2. The Morgan fingerprint density at radius 2 is 1.95 bits per heavy atom. The van der Waals surface area contributed by atoms with E-state index in [1.54, 1.807) is 0 Å². The molecule has 0 amide bonds. The van der Waals surface area contributed by atoms with Gasteiger partial charge < -0.3 is 0 Å². The van der Waals surface area contributed by atoms with Crippen molar-refractivity contribution in [2.24, 2.45) is 0 Å². The number of rotatable bonds is 3. The first-order valence-corrected chi connectivity index (χ1v) is 7.48. The van der Waals surface area contributed by atoms with Crippen molar-refractivity contribution in [1.82, 2.24) is 9.97 Å². The fraction of sp³-hybridized carbons (Fsp3) is 0.500. The van der Waals surface area contributed by atoms with Gasteiger partial charge in [0.25, 0.3) is 5.69 Å². The molecule has 0 saturated heterocycles. The van der Waals surface area contributed by atoms with E-state index in [4.69, 9.17) is 0 Å². The summed E-state index contributed by atoms with van der Waals surface area (Å²) in [5.74, 6) is 0. The zero-order chi connectivity index (χ0) is 13.9. The summed E-state index contributed by atoms with van der Waals surface area (Å²) in [7, 11) is 0. The Morgan fingerprint density at radius 1 is 1.15 bits per heavy atom. The highest BCUT2D eigenvalue weighted by Crippen LogP contribution is 2.26. The third-order valence-corrected chi connectivity index (χ3v) is 4.09. The fourth-order valence-corrected chi connectivity index (χ4v) is 2.93. The summed E-state index contributed by atoms with van der Waals surface area (Å²) in [5, 5.41) is 0. The first kappa shape index (κ1) is 13.2. The van der Waals surface area contributed by atoms with Crippen molar-refractivity contribution < 1.29 is 9.13 Å². The van der Waals surface area contributed by atoms with Gasteiger partial charge >= 0.3 is 0 Å². The van der Waals surface area contributed by atoms with Crippen molar-refractivity contribution in [2.45, 2.75) is 51.6 Å². The van der Waals surface area contributed by atoms with Crippen molar-refractivity contribution in [3.63, 3.8) is 0 Å². The van der Waals surface area contributed by atoms with Crippen molar-refractivity contribution in [3.8, 4) is 11.4 Å². The highest BCUT2D eigenvalue weighted by atomic mass is 15.1. The predicted molar refractivity (Wildman–Crippen MR) is 75.7 cm³/mol. The van der Waals surface area contributed by atoms with Crippen LogP contribution in [0.15, 0.2) is 37.2 Å². The molecule has 0 atom stereocenters. The van der Waals surface area contributed by atoms with E-state index in [9.17, 15) is 0 Å². The van der Waals surface area contributed by atoms with Crippen LogP contribution in [0.4, 0.5) is 0 Å². The molecule has 0 N–H and O–H groups in total. The topological polar surface area (TPSA) is 33.5 Å². The van der Waals surface area contributed by atoms with Crippen LogP contribution in [0, 0.1) is 0 Å². The molecule has 2 aromatic rings. The highest BCUT2D eigenvalue weighted by Gasteiger charge is 2.28. The Balaban J connectivity index is 2.03. The van der Waals surface area contributed by atoms with Gasteiger partial charge in [-0.15, -0.1) is 0 Å². The van der Waals surface area contributed by atoms with Crippen molar-refractivity contribution >= 4 is 0 Å². The van der Waals surface area contributed by atoms with E-state index in [0.717, 1.165) is 11.4 Å². The molecule has 4 nitrogen and oxygen atoms in total. The molecule has 2 aromatic heterocycles. The Bertz CT molecular complexity index is 589. The largest absolute Gasteiger partial charge is 0.256 e. The number of hydrogen-bond acceptors (Lipinski definition) is 2. The van der Waals surface area contributed by atoms with Gasteiger partial charge in [-0.25, -0.2) is 4.98 Å². The molecule has 0 spiro atoms. The molecule has 0 bridgehead atoms. The second kappa shape index (κ2) is 5.65. The summed E-state index contributed by atoms with van der Waals surface area (Å²) in [6.45, 7) is 4.36. The van der Waals surface area contributed by atoms with Crippen LogP contribution in [-0.4, -0.2) is 9.97 Å². The minimum Gasteiger partial charge on any atom is -0.251 e. The van der Waals surface area contributed by atoms with E-state index < -0.39 is 0 Å². The summed E-state index contributed by atoms with van der Waals surface area (Å²) in [4.78, 5) is 8.84. The quantitative estimate of drug-likeness (QED) is 0.803. The monoisotopic (exact) mass is 270 g/mol. The van der Waals surface area contributed by atoms with Crippen LogP contribution in [0.25, 0.3) is 11.4 Å². The normalized spacial score (nSPS) is 15.9. The zero-order valence-corrected chi connectivity index (χ0v) is 12.2. The minimum atomic E-state index is 0.438. The summed E-state index contributed by atoms with van der Waals surface area (Å²) < 4.78 is 4.54. The van der Waals surface area contributed by atoms with Crippen molar-refractivity contribution in [2.75, 3.05) is 0 Å². The summed E-state index contributed by atoms with van der Waals surface area (Å²) in [6, 6.07) is 1.04. The molecule has 2 heterocycles. The van der Waals surface area contributed by atoms with Crippen molar-refractivity contribution in [1.29, 1.82) is 0 Å². The fourth-order valence-electron chi connectivity index (χ4n) is 2.93. The Kier molecular flexibility index (Phi) is 3.72. The Hall–Kier alpha value is -1.84. The molecule has 1 aliphatic rings. The molecule has 3 rings (SSSR count). The van der Waals surface area contributed by atoms with Gasteiger partial charge in [0.1, 0.15) is 6.20 Å². The maximum atomic E-state index is 4.54. The van der Waals surface area contributed by atoms with Gasteiger partial charge in [-0.05, 0) is 26.7 Å².